The van der Waals surface area contributed by atoms with E-state index in [4.69, 9.17) is 4.74 Å². The molecule has 0 spiro atoms. The third-order valence-corrected chi connectivity index (χ3v) is 4.37. The average Bonchev–Trinajstić information content (AvgIpc) is 3.14. The molecular formula is C19H18FN3O2S. The third kappa shape index (κ3) is 5.35. The van der Waals surface area contributed by atoms with Gasteiger partial charge in [-0.2, -0.15) is 0 Å². The highest BCUT2D eigenvalue weighted by Gasteiger charge is 2.05. The van der Waals surface area contributed by atoms with Crippen LogP contribution in [0, 0.1) is 5.82 Å². The highest BCUT2D eigenvalue weighted by atomic mass is 32.2. The quantitative estimate of drug-likeness (QED) is 0.470. The summed E-state index contributed by atoms with van der Waals surface area (Å²) in [6.45, 7) is 0.498. The first-order valence-electron chi connectivity index (χ1n) is 8.09. The van der Waals surface area contributed by atoms with Crippen LogP contribution in [0.3, 0.4) is 0 Å². The molecule has 3 aromatic rings. The normalized spacial score (nSPS) is 10.5. The number of imidazole rings is 1. The summed E-state index contributed by atoms with van der Waals surface area (Å²) in [5, 5.41) is 3.55. The average molecular weight is 371 g/mol. The molecule has 3 rings (SSSR count). The van der Waals surface area contributed by atoms with E-state index in [2.05, 4.69) is 15.3 Å². The predicted octanol–water partition coefficient (Wildman–Crippen LogP) is 3.50. The first-order valence-corrected chi connectivity index (χ1v) is 9.07. The van der Waals surface area contributed by atoms with Crippen molar-refractivity contribution in [2.45, 2.75) is 5.16 Å². The van der Waals surface area contributed by atoms with Crippen LogP contribution in [-0.2, 0) is 4.79 Å². The molecule has 0 saturated heterocycles. The monoisotopic (exact) mass is 371 g/mol. The number of rotatable bonds is 8. The standard InChI is InChI=1S/C19H18FN3O2S/c20-15-8-6-14(7-9-15)17-12-22-19(23-17)26-11-10-21-18(24)13-25-16-4-2-1-3-5-16/h1-9,12H,10-11,13H2,(H,21,24)(H,22,23). The molecule has 0 unspecified atom stereocenters. The maximum Gasteiger partial charge on any atom is 0.257 e. The minimum absolute atomic E-state index is 0.00977. The number of thioether (sulfide) groups is 1. The van der Waals surface area contributed by atoms with Gasteiger partial charge in [0.2, 0.25) is 0 Å². The number of aromatic amines is 1. The number of carbonyl (C=O) groups is 1. The Kier molecular flexibility index (Phi) is 6.27. The second-order valence-corrected chi connectivity index (χ2v) is 6.49. The van der Waals surface area contributed by atoms with Crippen LogP contribution in [-0.4, -0.2) is 34.8 Å². The van der Waals surface area contributed by atoms with Gasteiger partial charge in [0.25, 0.3) is 5.91 Å². The Morgan fingerprint density at radius 3 is 2.69 bits per heavy atom. The maximum atomic E-state index is 13.0. The maximum absolute atomic E-state index is 13.0. The van der Waals surface area contributed by atoms with Crippen molar-refractivity contribution in [3.63, 3.8) is 0 Å². The molecule has 0 aliphatic carbocycles. The number of nitrogens with zero attached hydrogens (tertiary/aromatic N) is 1. The Hall–Kier alpha value is -2.80. The number of aromatic nitrogens is 2. The van der Waals surface area contributed by atoms with Crippen molar-refractivity contribution < 1.29 is 13.9 Å². The van der Waals surface area contributed by atoms with Crippen molar-refractivity contribution in [2.24, 2.45) is 0 Å². The van der Waals surface area contributed by atoms with E-state index in [1.807, 2.05) is 18.2 Å². The number of amides is 1. The molecule has 0 aliphatic rings. The molecule has 7 heteroatoms. The van der Waals surface area contributed by atoms with Gasteiger partial charge in [-0.15, -0.1) is 0 Å². The fourth-order valence-corrected chi connectivity index (χ4v) is 2.91. The molecule has 0 fully saturated rings. The Morgan fingerprint density at radius 1 is 1.15 bits per heavy atom. The second kappa shape index (κ2) is 9.05. The van der Waals surface area contributed by atoms with Crippen molar-refractivity contribution in [2.75, 3.05) is 18.9 Å². The number of hydrogen-bond acceptors (Lipinski definition) is 4. The largest absolute Gasteiger partial charge is 0.484 e. The van der Waals surface area contributed by atoms with E-state index >= 15 is 0 Å². The van der Waals surface area contributed by atoms with Crippen molar-refractivity contribution in [3.05, 3.63) is 66.6 Å². The lowest BCUT2D eigenvalue weighted by Crippen LogP contribution is -2.30. The lowest BCUT2D eigenvalue weighted by atomic mass is 10.2. The summed E-state index contributed by atoms with van der Waals surface area (Å²) < 4.78 is 18.3. The fourth-order valence-electron chi connectivity index (χ4n) is 2.21. The van der Waals surface area contributed by atoms with Crippen molar-refractivity contribution in [1.82, 2.24) is 15.3 Å². The van der Waals surface area contributed by atoms with Crippen LogP contribution in [0.2, 0.25) is 0 Å². The molecule has 0 radical (unpaired) electrons. The summed E-state index contributed by atoms with van der Waals surface area (Å²) in [6.07, 6.45) is 1.71. The molecule has 134 valence electrons. The van der Waals surface area contributed by atoms with Gasteiger partial charge >= 0.3 is 0 Å². The smallest absolute Gasteiger partial charge is 0.257 e. The van der Waals surface area contributed by atoms with E-state index in [0.29, 0.717) is 18.0 Å². The number of nitrogens with one attached hydrogen (secondary N) is 2. The first kappa shape index (κ1) is 18.0. The zero-order valence-corrected chi connectivity index (χ0v) is 14.8. The van der Waals surface area contributed by atoms with Gasteiger partial charge in [-0.05, 0) is 42.0 Å². The van der Waals surface area contributed by atoms with E-state index in [0.717, 1.165) is 16.4 Å². The lowest BCUT2D eigenvalue weighted by Gasteiger charge is -2.06. The predicted molar refractivity (Wildman–Crippen MR) is 99.7 cm³/mol. The number of hydrogen-bond donors (Lipinski definition) is 2. The van der Waals surface area contributed by atoms with Crippen LogP contribution >= 0.6 is 11.8 Å². The molecule has 1 heterocycles. The van der Waals surface area contributed by atoms with Crippen LogP contribution in [0.1, 0.15) is 0 Å². The SMILES string of the molecule is O=C(COc1ccccc1)NCCSc1ncc(-c2ccc(F)cc2)[nH]1. The van der Waals surface area contributed by atoms with Gasteiger partial charge in [-0.25, -0.2) is 9.37 Å². The molecule has 1 aromatic heterocycles. The number of ether oxygens (including phenoxy) is 1. The van der Waals surface area contributed by atoms with E-state index < -0.39 is 0 Å². The van der Waals surface area contributed by atoms with Crippen molar-refractivity contribution in [3.8, 4) is 17.0 Å². The molecule has 5 nitrogen and oxygen atoms in total. The number of H-pyrrole nitrogens is 1. The minimum atomic E-state index is -0.269. The number of halogens is 1. The molecule has 0 aliphatic heterocycles. The third-order valence-electron chi connectivity index (χ3n) is 3.48. The van der Waals surface area contributed by atoms with Gasteiger partial charge in [0.05, 0.1) is 11.9 Å². The minimum Gasteiger partial charge on any atom is -0.484 e. The van der Waals surface area contributed by atoms with Gasteiger partial charge in [0.15, 0.2) is 11.8 Å². The van der Waals surface area contributed by atoms with E-state index in [1.54, 1.807) is 30.5 Å². The van der Waals surface area contributed by atoms with E-state index in [1.165, 1.54) is 23.9 Å². The highest BCUT2D eigenvalue weighted by Crippen LogP contribution is 2.21. The summed E-state index contributed by atoms with van der Waals surface area (Å²) in [4.78, 5) is 19.2. The van der Waals surface area contributed by atoms with Gasteiger partial charge in [0, 0.05) is 12.3 Å². The zero-order valence-electron chi connectivity index (χ0n) is 13.9. The van der Waals surface area contributed by atoms with Crippen LogP contribution in [0.4, 0.5) is 4.39 Å². The molecule has 2 aromatic carbocycles. The van der Waals surface area contributed by atoms with Crippen LogP contribution < -0.4 is 10.1 Å². The second-order valence-electron chi connectivity index (χ2n) is 5.41. The summed E-state index contributed by atoms with van der Waals surface area (Å²) in [5.74, 6) is 0.907. The van der Waals surface area contributed by atoms with E-state index in [9.17, 15) is 9.18 Å². The van der Waals surface area contributed by atoms with Crippen LogP contribution in [0.5, 0.6) is 5.75 Å². The molecule has 2 N–H and O–H groups in total. The van der Waals surface area contributed by atoms with E-state index in [-0.39, 0.29) is 18.3 Å². The Labute approximate surface area is 155 Å². The summed E-state index contributed by atoms with van der Waals surface area (Å²) in [7, 11) is 0. The molecular weight excluding hydrogens is 353 g/mol. The van der Waals surface area contributed by atoms with Gasteiger partial charge in [-0.3, -0.25) is 4.79 Å². The summed E-state index contributed by atoms with van der Waals surface area (Å²) in [6, 6.07) is 15.4. The molecule has 0 bridgehead atoms. The Morgan fingerprint density at radius 2 is 1.92 bits per heavy atom. The highest BCUT2D eigenvalue weighted by molar-refractivity contribution is 7.99. The fraction of sp³-hybridized carbons (Fsp3) is 0.158. The number of carbonyl (C=O) groups excluding carboxylic acids is 1. The summed E-state index contributed by atoms with van der Waals surface area (Å²) >= 11 is 1.50. The lowest BCUT2D eigenvalue weighted by molar-refractivity contribution is -0.122. The van der Waals surface area contributed by atoms with Crippen LogP contribution in [0.15, 0.2) is 66.0 Å². The first-order chi connectivity index (χ1) is 12.7. The van der Waals surface area contributed by atoms with Crippen molar-refractivity contribution in [1.29, 1.82) is 0 Å². The zero-order chi connectivity index (χ0) is 18.2. The molecule has 0 atom stereocenters. The van der Waals surface area contributed by atoms with Crippen LogP contribution in [0.25, 0.3) is 11.3 Å². The Bertz CT molecular complexity index is 838. The molecule has 1 amide bonds. The van der Waals surface area contributed by atoms with Gasteiger partial charge in [-0.1, -0.05) is 30.0 Å². The van der Waals surface area contributed by atoms with Gasteiger partial charge in [0.1, 0.15) is 11.6 Å². The molecule has 0 saturated carbocycles. The number of benzene rings is 2. The molecule has 26 heavy (non-hydrogen) atoms. The topological polar surface area (TPSA) is 67.0 Å². The number of para-hydroxylation sites is 1. The van der Waals surface area contributed by atoms with Gasteiger partial charge < -0.3 is 15.0 Å². The Balaban J connectivity index is 1.37. The van der Waals surface area contributed by atoms with Crippen molar-refractivity contribution >= 4 is 17.7 Å². The summed E-state index contributed by atoms with van der Waals surface area (Å²) in [5.41, 5.74) is 1.70.